The summed E-state index contributed by atoms with van der Waals surface area (Å²) in [6.07, 6.45) is 3.06. The van der Waals surface area contributed by atoms with Gasteiger partial charge in [-0.25, -0.2) is 14.8 Å². The average Bonchev–Trinajstić information content (AvgIpc) is 3.10. The van der Waals surface area contributed by atoms with Crippen molar-refractivity contribution in [2.75, 3.05) is 5.32 Å². The molecule has 0 aliphatic rings. The first-order chi connectivity index (χ1) is 12.3. The van der Waals surface area contributed by atoms with Crippen LogP contribution in [0, 0.1) is 0 Å². The van der Waals surface area contributed by atoms with Crippen molar-refractivity contribution < 1.29 is 9.90 Å². The van der Waals surface area contributed by atoms with E-state index in [1.165, 1.54) is 18.3 Å². The number of pyridine rings is 1. The first kappa shape index (κ1) is 17.5. The molecule has 3 aromatic rings. The number of aromatic amines is 1. The molecule has 0 amide bonds. The molecule has 3 N–H and O–H groups in total. The Kier molecular flexibility index (Phi) is 4.66. The summed E-state index contributed by atoms with van der Waals surface area (Å²) in [5.41, 5.74) is 3.08. The number of carbonyl (C=O) groups is 1. The lowest BCUT2D eigenvalue weighted by Crippen LogP contribution is -2.11. The van der Waals surface area contributed by atoms with E-state index in [9.17, 15) is 4.79 Å². The molecule has 0 aliphatic carbocycles. The molecule has 134 valence electrons. The Labute approximate surface area is 150 Å². The number of nitrogens with zero attached hydrogens (tertiary/aromatic N) is 4. The zero-order chi connectivity index (χ0) is 18.7. The van der Waals surface area contributed by atoms with Gasteiger partial charge in [0.05, 0.1) is 34.9 Å². The molecule has 8 nitrogen and oxygen atoms in total. The van der Waals surface area contributed by atoms with E-state index in [0.717, 1.165) is 11.4 Å². The second kappa shape index (κ2) is 6.91. The molecule has 3 rings (SSSR count). The Morgan fingerprint density at radius 2 is 1.92 bits per heavy atom. The number of hydrogen-bond donors (Lipinski definition) is 3. The highest BCUT2D eigenvalue weighted by Crippen LogP contribution is 2.21. The van der Waals surface area contributed by atoms with Crippen molar-refractivity contribution in [1.82, 2.24) is 25.1 Å². The summed E-state index contributed by atoms with van der Waals surface area (Å²) in [4.78, 5) is 23.9. The largest absolute Gasteiger partial charge is 0.478 e. The van der Waals surface area contributed by atoms with Crippen LogP contribution < -0.4 is 5.32 Å². The number of aromatic nitrogens is 5. The number of rotatable bonds is 5. The molecule has 0 saturated carbocycles. The third-order valence-corrected chi connectivity index (χ3v) is 3.76. The van der Waals surface area contributed by atoms with Gasteiger partial charge in [-0.3, -0.25) is 10.1 Å². The van der Waals surface area contributed by atoms with Crippen LogP contribution in [0.4, 0.5) is 5.95 Å². The second-order valence-corrected chi connectivity index (χ2v) is 6.88. The number of hydrogen-bond acceptors (Lipinski definition) is 6. The quantitative estimate of drug-likeness (QED) is 0.646. The second-order valence-electron chi connectivity index (χ2n) is 6.88. The molecule has 3 heterocycles. The van der Waals surface area contributed by atoms with Crippen LogP contribution in [0.25, 0.3) is 11.4 Å². The number of H-pyrrole nitrogens is 1. The lowest BCUT2D eigenvalue weighted by atomic mass is 9.92. The Bertz CT molecular complexity index is 929. The van der Waals surface area contributed by atoms with Crippen LogP contribution in [-0.4, -0.2) is 36.2 Å². The van der Waals surface area contributed by atoms with Gasteiger partial charge in [0.25, 0.3) is 0 Å². The third-order valence-electron chi connectivity index (χ3n) is 3.76. The van der Waals surface area contributed by atoms with Gasteiger partial charge >= 0.3 is 5.97 Å². The molecule has 3 aromatic heterocycles. The molecule has 0 aliphatic heterocycles. The maximum Gasteiger partial charge on any atom is 0.335 e. The van der Waals surface area contributed by atoms with Crippen LogP contribution in [-0.2, 0) is 12.0 Å². The number of aromatic carboxylic acids is 1. The summed E-state index contributed by atoms with van der Waals surface area (Å²) >= 11 is 0. The smallest absolute Gasteiger partial charge is 0.335 e. The molecule has 0 radical (unpaired) electrons. The highest BCUT2D eigenvalue weighted by molar-refractivity contribution is 5.88. The maximum atomic E-state index is 11.1. The Hall–Kier alpha value is -3.29. The fourth-order valence-electron chi connectivity index (χ4n) is 2.30. The molecule has 0 bridgehead atoms. The molecule has 26 heavy (non-hydrogen) atoms. The van der Waals surface area contributed by atoms with Crippen LogP contribution in [0.2, 0.25) is 0 Å². The lowest BCUT2D eigenvalue weighted by molar-refractivity contribution is 0.0697. The number of carboxylic acids is 1. The molecule has 0 atom stereocenters. The summed E-state index contributed by atoms with van der Waals surface area (Å²) in [7, 11) is 0. The fourth-order valence-corrected chi connectivity index (χ4v) is 2.30. The van der Waals surface area contributed by atoms with Gasteiger partial charge in [0.2, 0.25) is 5.95 Å². The van der Waals surface area contributed by atoms with E-state index in [4.69, 9.17) is 5.11 Å². The zero-order valence-electron chi connectivity index (χ0n) is 14.8. The monoisotopic (exact) mass is 352 g/mol. The normalized spacial score (nSPS) is 11.3. The summed E-state index contributed by atoms with van der Waals surface area (Å²) in [5.74, 6) is -0.577. The Morgan fingerprint density at radius 1 is 1.15 bits per heavy atom. The van der Waals surface area contributed by atoms with Crippen molar-refractivity contribution in [1.29, 1.82) is 0 Å². The summed E-state index contributed by atoms with van der Waals surface area (Å²) in [5, 5.41) is 19.6. The van der Waals surface area contributed by atoms with Crippen LogP contribution in [0.5, 0.6) is 0 Å². The first-order valence-electron chi connectivity index (χ1n) is 8.14. The molecule has 0 aromatic carbocycles. The zero-order valence-corrected chi connectivity index (χ0v) is 14.8. The first-order valence-corrected chi connectivity index (χ1v) is 8.14. The van der Waals surface area contributed by atoms with Crippen molar-refractivity contribution in [3.63, 3.8) is 0 Å². The predicted octanol–water partition coefficient (Wildman–Crippen LogP) is 2.87. The number of nitrogens with one attached hydrogen (secondary N) is 2. The van der Waals surface area contributed by atoms with Gasteiger partial charge < -0.3 is 10.4 Å². The van der Waals surface area contributed by atoms with E-state index in [1.807, 2.05) is 6.07 Å². The third kappa shape index (κ3) is 4.02. The van der Waals surface area contributed by atoms with Crippen molar-refractivity contribution in [2.45, 2.75) is 32.7 Å². The van der Waals surface area contributed by atoms with E-state index >= 15 is 0 Å². The predicted molar refractivity (Wildman–Crippen MR) is 96.8 cm³/mol. The minimum atomic E-state index is -1.00. The van der Waals surface area contributed by atoms with E-state index in [1.54, 1.807) is 12.3 Å². The van der Waals surface area contributed by atoms with E-state index in [-0.39, 0.29) is 11.0 Å². The molecular weight excluding hydrogens is 332 g/mol. The molecule has 0 spiro atoms. The van der Waals surface area contributed by atoms with Crippen molar-refractivity contribution in [3.05, 3.63) is 53.6 Å². The average molecular weight is 352 g/mol. The fraction of sp³-hybridized carbons (Fsp3) is 0.278. The molecule has 0 fully saturated rings. The van der Waals surface area contributed by atoms with Gasteiger partial charge in [-0.2, -0.15) is 5.10 Å². The van der Waals surface area contributed by atoms with Gasteiger partial charge in [0.15, 0.2) is 0 Å². The van der Waals surface area contributed by atoms with Gasteiger partial charge in [0.1, 0.15) is 0 Å². The minimum absolute atomic E-state index is 0.0218. The van der Waals surface area contributed by atoms with Crippen LogP contribution in [0.3, 0.4) is 0 Å². The van der Waals surface area contributed by atoms with Crippen LogP contribution >= 0.6 is 0 Å². The van der Waals surface area contributed by atoms with Gasteiger partial charge in [-0.05, 0) is 24.3 Å². The summed E-state index contributed by atoms with van der Waals surface area (Å²) < 4.78 is 0. The highest BCUT2D eigenvalue weighted by atomic mass is 16.4. The van der Waals surface area contributed by atoms with Crippen molar-refractivity contribution in [2.24, 2.45) is 0 Å². The molecular formula is C18H20N6O2. The number of anilines is 1. The SMILES string of the molecule is CC(C)(C)c1cc(CNc2nccc(-c3cc(C(=O)O)ccn3)n2)[nH]n1. The van der Waals surface area contributed by atoms with Gasteiger partial charge in [0, 0.05) is 17.8 Å². The molecule has 0 unspecified atom stereocenters. The Balaban J connectivity index is 1.75. The van der Waals surface area contributed by atoms with E-state index in [2.05, 4.69) is 51.2 Å². The number of carboxylic acid groups (broad SMARTS) is 1. The van der Waals surface area contributed by atoms with Crippen molar-refractivity contribution >= 4 is 11.9 Å². The summed E-state index contributed by atoms with van der Waals surface area (Å²) in [6, 6.07) is 6.62. The molecule has 0 saturated heterocycles. The topological polar surface area (TPSA) is 117 Å². The van der Waals surface area contributed by atoms with Gasteiger partial charge in [-0.15, -0.1) is 0 Å². The summed E-state index contributed by atoms with van der Waals surface area (Å²) in [6.45, 7) is 6.80. The van der Waals surface area contributed by atoms with E-state index in [0.29, 0.717) is 23.9 Å². The Morgan fingerprint density at radius 3 is 2.62 bits per heavy atom. The lowest BCUT2D eigenvalue weighted by Gasteiger charge is -2.13. The molecule has 8 heteroatoms. The van der Waals surface area contributed by atoms with E-state index < -0.39 is 5.97 Å². The van der Waals surface area contributed by atoms with Gasteiger partial charge in [-0.1, -0.05) is 20.8 Å². The standard InChI is InChI=1S/C18H20N6O2/c1-18(2,3)15-9-12(23-24-15)10-21-17-20-7-5-13(22-17)14-8-11(16(25)26)4-6-19-14/h4-9H,10H2,1-3H3,(H,23,24)(H,25,26)(H,20,21,22). The van der Waals surface area contributed by atoms with Crippen LogP contribution in [0.1, 0.15) is 42.5 Å². The maximum absolute atomic E-state index is 11.1. The van der Waals surface area contributed by atoms with Crippen molar-refractivity contribution in [3.8, 4) is 11.4 Å². The van der Waals surface area contributed by atoms with Crippen LogP contribution in [0.15, 0.2) is 36.7 Å². The minimum Gasteiger partial charge on any atom is -0.478 e. The highest BCUT2D eigenvalue weighted by Gasteiger charge is 2.17.